The number of carbonyl (C=O) groups excluding carboxylic acids is 1. The minimum atomic E-state index is -0.565. The van der Waals surface area contributed by atoms with Gasteiger partial charge in [0.1, 0.15) is 6.61 Å². The van der Waals surface area contributed by atoms with Gasteiger partial charge in [0.25, 0.3) is 5.91 Å². The van der Waals surface area contributed by atoms with Gasteiger partial charge in [-0.25, -0.2) is 14.3 Å². The molecule has 0 fully saturated rings. The van der Waals surface area contributed by atoms with Crippen molar-refractivity contribution in [1.29, 1.82) is 0 Å². The highest BCUT2D eigenvalue weighted by Crippen LogP contribution is 2.22. The molecule has 0 aliphatic rings. The van der Waals surface area contributed by atoms with Crippen LogP contribution in [0, 0.1) is 11.2 Å². The van der Waals surface area contributed by atoms with Crippen molar-refractivity contribution in [2.75, 3.05) is 6.61 Å². The minimum absolute atomic E-state index is 0.0742. The van der Waals surface area contributed by atoms with Crippen LogP contribution in [0.5, 0.6) is 5.75 Å². The molecule has 3 N–H and O–H groups in total. The van der Waals surface area contributed by atoms with Crippen LogP contribution < -0.4 is 15.7 Å². The molecule has 1 aromatic carbocycles. The fourth-order valence-electron chi connectivity index (χ4n) is 1.85. The number of para-hydroxylation sites is 1. The summed E-state index contributed by atoms with van der Waals surface area (Å²) in [6, 6.07) is 5.63. The molecule has 0 aliphatic carbocycles. The van der Waals surface area contributed by atoms with Gasteiger partial charge in [-0.15, -0.1) is 5.10 Å². The van der Waals surface area contributed by atoms with Crippen LogP contribution in [-0.2, 0) is 0 Å². The summed E-state index contributed by atoms with van der Waals surface area (Å²) in [6.45, 7) is 5.81. The Labute approximate surface area is 132 Å². The van der Waals surface area contributed by atoms with Crippen LogP contribution in [0.4, 0.5) is 4.39 Å². The summed E-state index contributed by atoms with van der Waals surface area (Å²) in [4.78, 5) is 25.4. The van der Waals surface area contributed by atoms with Gasteiger partial charge in [0.2, 0.25) is 5.82 Å². The Morgan fingerprint density at radius 2 is 2.09 bits per heavy atom. The summed E-state index contributed by atoms with van der Waals surface area (Å²) in [5.74, 6) is -1.01. The van der Waals surface area contributed by atoms with Crippen LogP contribution in [0.2, 0.25) is 0 Å². The van der Waals surface area contributed by atoms with Gasteiger partial charge in [0.15, 0.2) is 11.6 Å². The van der Waals surface area contributed by atoms with E-state index in [0.29, 0.717) is 0 Å². The Morgan fingerprint density at radius 3 is 2.65 bits per heavy atom. The molecule has 0 saturated carbocycles. The molecule has 1 aromatic heterocycles. The van der Waals surface area contributed by atoms with Crippen molar-refractivity contribution in [2.45, 2.75) is 26.8 Å². The number of rotatable bonds is 5. The average Bonchev–Trinajstić information content (AvgIpc) is 2.90. The number of aromatic nitrogens is 3. The number of carbonyl (C=O) groups is 1. The van der Waals surface area contributed by atoms with E-state index in [9.17, 15) is 14.0 Å². The van der Waals surface area contributed by atoms with Crippen LogP contribution in [0.15, 0.2) is 29.1 Å². The van der Waals surface area contributed by atoms with Crippen molar-refractivity contribution in [3.05, 3.63) is 46.4 Å². The second-order valence-corrected chi connectivity index (χ2v) is 6.16. The van der Waals surface area contributed by atoms with Crippen LogP contribution in [-0.4, -0.2) is 33.7 Å². The quantitative estimate of drug-likeness (QED) is 0.776. The number of benzene rings is 1. The number of nitrogens with zero attached hydrogens (tertiary/aromatic N) is 1. The average molecular weight is 322 g/mol. The van der Waals surface area contributed by atoms with Gasteiger partial charge in [-0.05, 0) is 17.5 Å². The van der Waals surface area contributed by atoms with Gasteiger partial charge in [-0.2, -0.15) is 0 Å². The molecule has 0 radical (unpaired) electrons. The van der Waals surface area contributed by atoms with Crippen LogP contribution in [0.1, 0.15) is 31.4 Å². The fraction of sp³-hybridized carbons (Fsp3) is 0.400. The zero-order valence-electron chi connectivity index (χ0n) is 13.1. The van der Waals surface area contributed by atoms with E-state index in [0.717, 1.165) is 0 Å². The van der Waals surface area contributed by atoms with E-state index in [2.05, 4.69) is 20.5 Å². The first-order valence-electron chi connectivity index (χ1n) is 7.10. The van der Waals surface area contributed by atoms with Crippen molar-refractivity contribution in [2.24, 2.45) is 5.41 Å². The number of nitrogens with one attached hydrogen (secondary N) is 3. The third kappa shape index (κ3) is 4.41. The number of ether oxygens (including phenoxy) is 1. The van der Waals surface area contributed by atoms with Gasteiger partial charge in [-0.1, -0.05) is 32.9 Å². The molecule has 1 amide bonds. The van der Waals surface area contributed by atoms with Gasteiger partial charge >= 0.3 is 5.69 Å². The summed E-state index contributed by atoms with van der Waals surface area (Å²) in [6.07, 6.45) is 0. The zero-order chi connectivity index (χ0) is 17.0. The summed E-state index contributed by atoms with van der Waals surface area (Å²) in [5, 5.41) is 8.44. The maximum Gasteiger partial charge on any atom is 0.341 e. The highest BCUT2D eigenvalue weighted by atomic mass is 19.1. The van der Waals surface area contributed by atoms with E-state index in [1.165, 1.54) is 12.1 Å². The number of H-pyrrole nitrogens is 2. The number of halogens is 1. The van der Waals surface area contributed by atoms with E-state index in [1.54, 1.807) is 12.1 Å². The number of hydrogen-bond acceptors (Lipinski definition) is 4. The summed E-state index contributed by atoms with van der Waals surface area (Å²) in [7, 11) is 0. The highest BCUT2D eigenvalue weighted by Gasteiger charge is 2.28. The van der Waals surface area contributed by atoms with Crippen LogP contribution in [0.3, 0.4) is 0 Å². The van der Waals surface area contributed by atoms with Gasteiger partial charge in [-0.3, -0.25) is 9.78 Å². The van der Waals surface area contributed by atoms with Gasteiger partial charge in [0, 0.05) is 0 Å². The van der Waals surface area contributed by atoms with Gasteiger partial charge < -0.3 is 10.1 Å². The van der Waals surface area contributed by atoms with Crippen LogP contribution in [0.25, 0.3) is 0 Å². The van der Waals surface area contributed by atoms with E-state index in [-0.39, 0.29) is 23.6 Å². The highest BCUT2D eigenvalue weighted by molar-refractivity contribution is 5.90. The second kappa shape index (κ2) is 6.64. The normalized spacial score (nSPS) is 12.7. The minimum Gasteiger partial charge on any atom is -0.488 e. The lowest BCUT2D eigenvalue weighted by Crippen LogP contribution is -2.47. The van der Waals surface area contributed by atoms with Crippen molar-refractivity contribution in [1.82, 2.24) is 20.5 Å². The predicted molar refractivity (Wildman–Crippen MR) is 81.8 cm³/mol. The molecule has 2 rings (SSSR count). The lowest BCUT2D eigenvalue weighted by molar-refractivity contribution is 0.0850. The van der Waals surface area contributed by atoms with Gasteiger partial charge in [0.05, 0.1) is 6.04 Å². The number of hydrogen-bond donors (Lipinski definition) is 3. The molecule has 23 heavy (non-hydrogen) atoms. The smallest absolute Gasteiger partial charge is 0.341 e. The lowest BCUT2D eigenvalue weighted by Gasteiger charge is -2.31. The first kappa shape index (κ1) is 16.7. The zero-order valence-corrected chi connectivity index (χ0v) is 13.1. The maximum absolute atomic E-state index is 13.6. The van der Waals surface area contributed by atoms with E-state index in [1.807, 2.05) is 20.8 Å². The topological polar surface area (TPSA) is 99.9 Å². The fourth-order valence-corrected chi connectivity index (χ4v) is 1.85. The van der Waals surface area contributed by atoms with E-state index >= 15 is 0 Å². The molecule has 1 unspecified atom stereocenters. The molecular formula is C15H19FN4O3. The van der Waals surface area contributed by atoms with Crippen molar-refractivity contribution in [3.8, 4) is 5.75 Å². The predicted octanol–water partition coefficient (Wildman–Crippen LogP) is 1.46. The van der Waals surface area contributed by atoms with E-state index < -0.39 is 23.5 Å². The monoisotopic (exact) mass is 322 g/mol. The van der Waals surface area contributed by atoms with Crippen molar-refractivity contribution in [3.63, 3.8) is 0 Å². The molecule has 1 heterocycles. The lowest BCUT2D eigenvalue weighted by atomic mass is 9.87. The molecule has 1 atom stereocenters. The maximum atomic E-state index is 13.6. The summed E-state index contributed by atoms with van der Waals surface area (Å²) >= 11 is 0. The van der Waals surface area contributed by atoms with Crippen molar-refractivity contribution >= 4 is 5.91 Å². The summed E-state index contributed by atoms with van der Waals surface area (Å²) in [5.41, 5.74) is -0.914. The van der Waals surface area contributed by atoms with E-state index in [4.69, 9.17) is 4.74 Å². The first-order valence-corrected chi connectivity index (χ1v) is 7.10. The molecule has 0 bridgehead atoms. The molecule has 0 saturated heterocycles. The largest absolute Gasteiger partial charge is 0.488 e. The molecule has 8 heteroatoms. The Kier molecular flexibility index (Phi) is 4.83. The van der Waals surface area contributed by atoms with Crippen LogP contribution >= 0.6 is 0 Å². The Hall–Kier alpha value is -2.64. The third-order valence-corrected chi connectivity index (χ3v) is 3.31. The SMILES string of the molecule is CC(C)(C)C(COc1ccccc1F)NC(=O)c1n[nH]c(=O)[nH]1. The molecule has 0 aliphatic heterocycles. The molecular weight excluding hydrogens is 303 g/mol. The number of amides is 1. The second-order valence-electron chi connectivity index (χ2n) is 6.16. The molecule has 2 aromatic rings. The Balaban J connectivity index is 2.07. The van der Waals surface area contributed by atoms with Crippen molar-refractivity contribution < 1.29 is 13.9 Å². The third-order valence-electron chi connectivity index (χ3n) is 3.31. The Bertz CT molecular complexity index is 733. The first-order chi connectivity index (χ1) is 10.8. The molecule has 7 nitrogen and oxygen atoms in total. The standard InChI is InChI=1S/C15H19FN4O3/c1-15(2,3)11(8-23-10-7-5-4-6-9(10)16)17-13(21)12-18-14(22)20-19-12/h4-7,11H,8H2,1-3H3,(H,17,21)(H2,18,19,20,22). The molecule has 124 valence electrons. The Morgan fingerprint density at radius 1 is 1.39 bits per heavy atom. The number of aromatic amines is 2. The summed E-state index contributed by atoms with van der Waals surface area (Å²) < 4.78 is 19.1. The molecule has 0 spiro atoms.